The normalized spacial score (nSPS) is 9.56. The van der Waals surface area contributed by atoms with Crippen LogP contribution in [0.5, 0.6) is 0 Å². The van der Waals surface area contributed by atoms with E-state index in [0.717, 1.165) is 4.88 Å². The molecule has 0 aliphatic heterocycles. The van der Waals surface area contributed by atoms with Gasteiger partial charge < -0.3 is 0 Å². The average Bonchev–Trinajstić information content (AvgIpc) is 2.10. The maximum absolute atomic E-state index is 10.1. The van der Waals surface area contributed by atoms with Crippen molar-refractivity contribution in [2.24, 2.45) is 0 Å². The first-order chi connectivity index (χ1) is 4.24. The summed E-state index contributed by atoms with van der Waals surface area (Å²) in [5, 5.41) is 0. The zero-order valence-corrected chi connectivity index (χ0v) is 6.21. The summed E-state index contributed by atoms with van der Waals surface area (Å²) in [6.07, 6.45) is 1.88. The van der Waals surface area contributed by atoms with Crippen LogP contribution in [-0.2, 0) is 4.79 Å². The van der Waals surface area contributed by atoms with Crippen LogP contribution in [0.4, 0.5) is 0 Å². The fourth-order valence-electron chi connectivity index (χ4n) is 0.732. The van der Waals surface area contributed by atoms with Gasteiger partial charge in [0.15, 0.2) is 0 Å². The summed E-state index contributed by atoms with van der Waals surface area (Å²) in [5.41, 5.74) is 0.706. The van der Waals surface area contributed by atoms with Crippen molar-refractivity contribution >= 4 is 17.6 Å². The van der Waals surface area contributed by atoms with Crippen molar-refractivity contribution in [2.45, 2.75) is 13.8 Å². The Labute approximate surface area is 58.3 Å². The summed E-state index contributed by atoms with van der Waals surface area (Å²) in [4.78, 5) is 12.4. The number of hydrogen-bond acceptors (Lipinski definition) is 2. The average molecular weight is 139 g/mol. The van der Waals surface area contributed by atoms with E-state index in [9.17, 15) is 4.79 Å². The van der Waals surface area contributed by atoms with Crippen molar-refractivity contribution in [1.82, 2.24) is 0 Å². The van der Waals surface area contributed by atoms with Crippen LogP contribution in [0.3, 0.4) is 0 Å². The molecule has 1 rings (SSSR count). The largest absolute Gasteiger partial charge is 0.285 e. The van der Waals surface area contributed by atoms with Gasteiger partial charge in [0.25, 0.3) is 0 Å². The molecule has 1 aromatic heterocycles. The number of aryl methyl sites for hydroxylation is 2. The zero-order chi connectivity index (χ0) is 6.85. The van der Waals surface area contributed by atoms with Gasteiger partial charge in [-0.3, -0.25) is 4.79 Å². The van der Waals surface area contributed by atoms with Crippen LogP contribution >= 0.6 is 11.3 Å². The van der Waals surface area contributed by atoms with E-state index in [4.69, 9.17) is 0 Å². The first-order valence-electron chi connectivity index (χ1n) is 2.69. The summed E-state index contributed by atoms with van der Waals surface area (Å²) in [7, 11) is 0. The fourth-order valence-corrected chi connectivity index (χ4v) is 1.60. The lowest BCUT2D eigenvalue weighted by Gasteiger charge is -1.77. The van der Waals surface area contributed by atoms with Gasteiger partial charge in [0.1, 0.15) is 0 Å². The van der Waals surface area contributed by atoms with E-state index in [0.29, 0.717) is 5.56 Å². The van der Waals surface area contributed by atoms with Gasteiger partial charge in [0, 0.05) is 15.3 Å². The van der Waals surface area contributed by atoms with Crippen molar-refractivity contribution in [3.05, 3.63) is 21.4 Å². The molecule has 1 nitrogen and oxygen atoms in total. The molecule has 47 valence electrons. The smallest absolute Gasteiger partial charge is 0.234 e. The zero-order valence-electron chi connectivity index (χ0n) is 5.39. The van der Waals surface area contributed by atoms with E-state index in [1.54, 1.807) is 11.3 Å². The van der Waals surface area contributed by atoms with Crippen LogP contribution in [0.2, 0.25) is 0 Å². The molecule has 0 bridgehead atoms. The summed E-state index contributed by atoms with van der Waals surface area (Å²) in [6.45, 7) is 3.91. The Balaban J connectivity index is 3.15. The minimum atomic E-state index is 0.706. The molecular weight excluding hydrogens is 132 g/mol. The molecule has 1 heterocycles. The number of hydrogen-bond donors (Lipinski definition) is 0. The fraction of sp³-hybridized carbons (Fsp3) is 0.286. The maximum Gasteiger partial charge on any atom is 0.234 e. The topological polar surface area (TPSA) is 17.1 Å². The molecule has 1 radical (unpaired) electrons. The third-order valence-electron chi connectivity index (χ3n) is 1.15. The van der Waals surface area contributed by atoms with Gasteiger partial charge in [-0.05, 0) is 19.9 Å². The third kappa shape index (κ3) is 1.19. The number of carbonyl (C=O) groups excluding carboxylic acids is 1. The Bertz CT molecular complexity index is 225. The summed E-state index contributed by atoms with van der Waals surface area (Å²) in [5.74, 6) is 0. The third-order valence-corrected chi connectivity index (χ3v) is 2.12. The number of rotatable bonds is 1. The van der Waals surface area contributed by atoms with Crippen LogP contribution < -0.4 is 0 Å². The SMILES string of the molecule is Cc1cc([C]=O)c(C)s1. The van der Waals surface area contributed by atoms with Crippen molar-refractivity contribution < 1.29 is 4.79 Å². The van der Waals surface area contributed by atoms with Crippen molar-refractivity contribution in [3.8, 4) is 0 Å². The molecule has 0 saturated carbocycles. The van der Waals surface area contributed by atoms with Crippen molar-refractivity contribution in [3.63, 3.8) is 0 Å². The molecule has 0 aliphatic rings. The van der Waals surface area contributed by atoms with Gasteiger partial charge in [0.2, 0.25) is 6.29 Å². The summed E-state index contributed by atoms with van der Waals surface area (Å²) < 4.78 is 0. The van der Waals surface area contributed by atoms with Crippen LogP contribution in [0.1, 0.15) is 15.3 Å². The van der Waals surface area contributed by atoms with Crippen LogP contribution in [0, 0.1) is 13.8 Å². The highest BCUT2D eigenvalue weighted by molar-refractivity contribution is 7.12. The highest BCUT2D eigenvalue weighted by atomic mass is 32.1. The van der Waals surface area contributed by atoms with E-state index in [1.807, 2.05) is 26.2 Å². The Morgan fingerprint density at radius 3 is 2.44 bits per heavy atom. The van der Waals surface area contributed by atoms with Crippen molar-refractivity contribution in [1.29, 1.82) is 0 Å². The van der Waals surface area contributed by atoms with Gasteiger partial charge >= 0.3 is 0 Å². The van der Waals surface area contributed by atoms with Crippen LogP contribution in [0.15, 0.2) is 6.07 Å². The lowest BCUT2D eigenvalue weighted by molar-refractivity contribution is 0.562. The predicted molar refractivity (Wildman–Crippen MR) is 38.6 cm³/mol. The summed E-state index contributed by atoms with van der Waals surface area (Å²) >= 11 is 1.63. The Morgan fingerprint density at radius 2 is 2.22 bits per heavy atom. The standard InChI is InChI=1S/C7H7OS/c1-5-3-7(4-8)6(2)9-5/h3H,1-2H3. The second-order valence-corrected chi connectivity index (χ2v) is 3.39. The van der Waals surface area contributed by atoms with Gasteiger partial charge in [-0.15, -0.1) is 11.3 Å². The quantitative estimate of drug-likeness (QED) is 0.580. The van der Waals surface area contributed by atoms with Gasteiger partial charge in [0.05, 0.1) is 0 Å². The van der Waals surface area contributed by atoms with E-state index in [2.05, 4.69) is 0 Å². The minimum Gasteiger partial charge on any atom is -0.285 e. The molecule has 0 saturated heterocycles. The molecule has 0 atom stereocenters. The lowest BCUT2D eigenvalue weighted by atomic mass is 10.3. The Hall–Kier alpha value is -0.630. The molecule has 0 spiro atoms. The highest BCUT2D eigenvalue weighted by Crippen LogP contribution is 2.17. The van der Waals surface area contributed by atoms with Crippen LogP contribution in [-0.4, -0.2) is 6.29 Å². The highest BCUT2D eigenvalue weighted by Gasteiger charge is 1.99. The molecule has 0 aliphatic carbocycles. The maximum atomic E-state index is 10.1. The molecule has 0 fully saturated rings. The van der Waals surface area contributed by atoms with Crippen molar-refractivity contribution in [2.75, 3.05) is 0 Å². The molecule has 0 N–H and O–H groups in total. The molecular formula is C7H7OS. The van der Waals surface area contributed by atoms with E-state index >= 15 is 0 Å². The first kappa shape index (κ1) is 6.49. The van der Waals surface area contributed by atoms with Gasteiger partial charge in [-0.1, -0.05) is 0 Å². The monoisotopic (exact) mass is 139 g/mol. The first-order valence-corrected chi connectivity index (χ1v) is 3.51. The van der Waals surface area contributed by atoms with E-state index in [-0.39, 0.29) is 0 Å². The molecule has 0 aromatic carbocycles. The molecule has 1 aromatic rings. The Morgan fingerprint density at radius 1 is 1.56 bits per heavy atom. The second kappa shape index (κ2) is 2.31. The molecule has 2 heteroatoms. The minimum absolute atomic E-state index is 0.706. The second-order valence-electron chi connectivity index (χ2n) is 1.93. The van der Waals surface area contributed by atoms with Crippen LogP contribution in [0.25, 0.3) is 0 Å². The van der Waals surface area contributed by atoms with E-state index in [1.165, 1.54) is 4.88 Å². The molecule has 0 amide bonds. The molecule has 0 unspecified atom stereocenters. The van der Waals surface area contributed by atoms with Gasteiger partial charge in [-0.2, -0.15) is 0 Å². The lowest BCUT2D eigenvalue weighted by Crippen LogP contribution is -1.74. The van der Waals surface area contributed by atoms with E-state index < -0.39 is 0 Å². The summed E-state index contributed by atoms with van der Waals surface area (Å²) in [6, 6.07) is 1.85. The predicted octanol–water partition coefficient (Wildman–Crippen LogP) is 1.82. The number of thiophene rings is 1. The Kier molecular flexibility index (Phi) is 1.67. The van der Waals surface area contributed by atoms with Gasteiger partial charge in [-0.25, -0.2) is 0 Å². The molecule has 9 heavy (non-hydrogen) atoms.